The molecule has 0 fully saturated rings. The number of aryl methyl sites for hydroxylation is 2. The van der Waals surface area contributed by atoms with Crippen LogP contribution in [0.3, 0.4) is 0 Å². The number of nitrogens with zero attached hydrogens (tertiary/aromatic N) is 2. The minimum absolute atomic E-state index is 0.107. The standard InChI is InChI=1S/C27H30N2O5/c1-7-12-33-20-9-8-18(15-22(20)32-6)24-23-25(30)19-13-16(2)17(3)14-21(19)34-26(23)27(31)29(24)11-10-28(4)5/h7-9,13-15,24H,1,10-12H2,2-6H3. The molecule has 7 heteroatoms. The van der Waals surface area contributed by atoms with Gasteiger partial charge in [0.2, 0.25) is 5.76 Å². The number of benzene rings is 2. The van der Waals surface area contributed by atoms with Crippen LogP contribution in [0.1, 0.15) is 38.9 Å². The molecule has 34 heavy (non-hydrogen) atoms. The minimum atomic E-state index is -0.591. The van der Waals surface area contributed by atoms with Crippen molar-refractivity contribution >= 4 is 16.9 Å². The third-order valence-corrected chi connectivity index (χ3v) is 6.23. The first kappa shape index (κ1) is 23.6. The Bertz CT molecular complexity index is 1320. The fourth-order valence-electron chi connectivity index (χ4n) is 4.28. The van der Waals surface area contributed by atoms with E-state index in [9.17, 15) is 9.59 Å². The van der Waals surface area contributed by atoms with Gasteiger partial charge in [0.25, 0.3) is 5.91 Å². The number of ether oxygens (including phenoxy) is 2. The average molecular weight is 463 g/mol. The van der Waals surface area contributed by atoms with E-state index in [2.05, 4.69) is 6.58 Å². The number of carbonyl (C=O) groups is 1. The van der Waals surface area contributed by atoms with Gasteiger partial charge in [0.1, 0.15) is 12.2 Å². The van der Waals surface area contributed by atoms with E-state index in [1.807, 2.05) is 57.1 Å². The Morgan fingerprint density at radius 1 is 1.12 bits per heavy atom. The molecule has 1 aliphatic heterocycles. The smallest absolute Gasteiger partial charge is 0.290 e. The fraction of sp³-hybridized carbons (Fsp3) is 0.333. The molecule has 2 heterocycles. The van der Waals surface area contributed by atoms with Crippen LogP contribution in [0.2, 0.25) is 0 Å². The van der Waals surface area contributed by atoms with Crippen molar-refractivity contribution in [2.24, 2.45) is 0 Å². The van der Waals surface area contributed by atoms with Gasteiger partial charge in [-0.3, -0.25) is 9.59 Å². The highest BCUT2D eigenvalue weighted by atomic mass is 16.5. The number of fused-ring (bicyclic) bond motifs is 2. The Kier molecular flexibility index (Phi) is 6.48. The SMILES string of the molecule is C=CCOc1ccc(C2c3c(oc4cc(C)c(C)cc4c3=O)C(=O)N2CCN(C)C)cc1OC. The molecule has 0 saturated heterocycles. The van der Waals surface area contributed by atoms with Gasteiger partial charge in [-0.1, -0.05) is 18.7 Å². The molecule has 1 atom stereocenters. The van der Waals surface area contributed by atoms with Crippen LogP contribution in [0, 0.1) is 13.8 Å². The Morgan fingerprint density at radius 3 is 2.53 bits per heavy atom. The fourth-order valence-corrected chi connectivity index (χ4v) is 4.28. The third kappa shape index (κ3) is 4.07. The van der Waals surface area contributed by atoms with Crippen LogP contribution in [0.15, 0.2) is 52.2 Å². The monoisotopic (exact) mass is 462 g/mol. The van der Waals surface area contributed by atoms with Gasteiger partial charge >= 0.3 is 0 Å². The molecule has 7 nitrogen and oxygen atoms in total. The van der Waals surface area contributed by atoms with E-state index in [4.69, 9.17) is 13.9 Å². The lowest BCUT2D eigenvalue weighted by Gasteiger charge is -2.27. The van der Waals surface area contributed by atoms with Crippen LogP contribution in [0.25, 0.3) is 11.0 Å². The molecule has 0 aliphatic carbocycles. The van der Waals surface area contributed by atoms with E-state index in [1.54, 1.807) is 24.2 Å². The van der Waals surface area contributed by atoms with Crippen molar-refractivity contribution in [3.63, 3.8) is 0 Å². The molecule has 4 rings (SSSR count). The Balaban J connectivity index is 1.92. The first-order valence-corrected chi connectivity index (χ1v) is 11.2. The highest BCUT2D eigenvalue weighted by Gasteiger charge is 2.42. The van der Waals surface area contributed by atoms with Gasteiger partial charge in [0, 0.05) is 13.1 Å². The van der Waals surface area contributed by atoms with Crippen LogP contribution < -0.4 is 14.9 Å². The maximum Gasteiger partial charge on any atom is 0.290 e. The maximum atomic E-state index is 13.7. The second-order valence-corrected chi connectivity index (χ2v) is 8.82. The van der Waals surface area contributed by atoms with Gasteiger partial charge in [-0.2, -0.15) is 0 Å². The number of carbonyl (C=O) groups excluding carboxylic acids is 1. The molecular formula is C27H30N2O5. The summed E-state index contributed by atoms with van der Waals surface area (Å²) in [6, 6.07) is 8.55. The summed E-state index contributed by atoms with van der Waals surface area (Å²) in [7, 11) is 5.45. The zero-order valence-corrected chi connectivity index (χ0v) is 20.3. The molecule has 1 amide bonds. The Labute approximate surface area is 199 Å². The van der Waals surface area contributed by atoms with Gasteiger partial charge in [0.05, 0.1) is 24.1 Å². The Morgan fingerprint density at radius 2 is 1.85 bits per heavy atom. The maximum absolute atomic E-state index is 13.7. The van der Waals surface area contributed by atoms with Crippen LogP contribution in [0.5, 0.6) is 11.5 Å². The lowest BCUT2D eigenvalue weighted by atomic mass is 9.97. The molecule has 0 N–H and O–H groups in total. The van der Waals surface area contributed by atoms with Crippen LogP contribution >= 0.6 is 0 Å². The molecule has 2 aromatic carbocycles. The zero-order chi connectivity index (χ0) is 24.6. The summed E-state index contributed by atoms with van der Waals surface area (Å²) in [5, 5.41) is 0.479. The van der Waals surface area contributed by atoms with Gasteiger partial charge in [-0.15, -0.1) is 0 Å². The normalized spacial score (nSPS) is 15.2. The number of hydrogen-bond donors (Lipinski definition) is 0. The van der Waals surface area contributed by atoms with Crippen molar-refractivity contribution in [1.82, 2.24) is 9.80 Å². The zero-order valence-electron chi connectivity index (χ0n) is 20.3. The summed E-state index contributed by atoms with van der Waals surface area (Å²) in [5.74, 6) is 0.900. The second-order valence-electron chi connectivity index (χ2n) is 8.82. The molecule has 1 unspecified atom stereocenters. The predicted octanol–water partition coefficient (Wildman–Crippen LogP) is 4.09. The molecule has 0 saturated carbocycles. The van der Waals surface area contributed by atoms with Crippen LogP contribution in [-0.2, 0) is 0 Å². The average Bonchev–Trinajstić information content (AvgIpc) is 3.09. The van der Waals surface area contributed by atoms with Crippen molar-refractivity contribution in [3.05, 3.63) is 81.2 Å². The van der Waals surface area contributed by atoms with E-state index < -0.39 is 6.04 Å². The first-order chi connectivity index (χ1) is 16.3. The molecule has 178 valence electrons. The van der Waals surface area contributed by atoms with Gasteiger partial charge in [-0.25, -0.2) is 0 Å². The highest BCUT2D eigenvalue weighted by molar-refractivity contribution is 5.99. The number of rotatable bonds is 8. The third-order valence-electron chi connectivity index (χ3n) is 6.23. The van der Waals surface area contributed by atoms with E-state index in [1.165, 1.54) is 0 Å². The van der Waals surface area contributed by atoms with Crippen LogP contribution in [0.4, 0.5) is 0 Å². The molecule has 0 spiro atoms. The lowest BCUT2D eigenvalue weighted by Crippen LogP contribution is -2.35. The van der Waals surface area contributed by atoms with Crippen molar-refractivity contribution < 1.29 is 18.7 Å². The van der Waals surface area contributed by atoms with Gasteiger partial charge < -0.3 is 23.7 Å². The summed E-state index contributed by atoms with van der Waals surface area (Å²) in [6.45, 7) is 9.00. The molecule has 0 radical (unpaired) electrons. The Hall–Kier alpha value is -3.58. The summed E-state index contributed by atoms with van der Waals surface area (Å²) in [6.07, 6.45) is 1.66. The molecule has 1 aromatic heterocycles. The van der Waals surface area contributed by atoms with Crippen LogP contribution in [-0.4, -0.2) is 56.6 Å². The van der Waals surface area contributed by atoms with Crippen molar-refractivity contribution in [2.45, 2.75) is 19.9 Å². The summed E-state index contributed by atoms with van der Waals surface area (Å²) < 4.78 is 17.3. The van der Waals surface area contributed by atoms with Crippen molar-refractivity contribution in [3.8, 4) is 11.5 Å². The van der Waals surface area contributed by atoms with E-state index in [-0.39, 0.29) is 17.1 Å². The summed E-state index contributed by atoms with van der Waals surface area (Å²) in [5.41, 5.74) is 3.36. The van der Waals surface area contributed by atoms with E-state index in [0.29, 0.717) is 47.7 Å². The highest BCUT2D eigenvalue weighted by Crippen LogP contribution is 2.41. The topological polar surface area (TPSA) is 72.2 Å². The molecule has 1 aliphatic rings. The number of amides is 1. The first-order valence-electron chi connectivity index (χ1n) is 11.2. The molecule has 0 bridgehead atoms. The minimum Gasteiger partial charge on any atom is -0.493 e. The van der Waals surface area contributed by atoms with E-state index >= 15 is 0 Å². The van der Waals surface area contributed by atoms with Crippen molar-refractivity contribution in [2.75, 3.05) is 40.9 Å². The molecule has 3 aromatic rings. The molecular weight excluding hydrogens is 432 g/mol. The summed E-state index contributed by atoms with van der Waals surface area (Å²) in [4.78, 5) is 31.0. The number of methoxy groups -OCH3 is 1. The summed E-state index contributed by atoms with van der Waals surface area (Å²) >= 11 is 0. The van der Waals surface area contributed by atoms with E-state index in [0.717, 1.165) is 16.7 Å². The lowest BCUT2D eigenvalue weighted by molar-refractivity contribution is 0.0716. The van der Waals surface area contributed by atoms with Crippen molar-refractivity contribution in [1.29, 1.82) is 0 Å². The van der Waals surface area contributed by atoms with Gasteiger partial charge in [-0.05, 0) is 68.9 Å². The quantitative estimate of drug-likeness (QED) is 0.470. The van der Waals surface area contributed by atoms with Gasteiger partial charge in [0.15, 0.2) is 16.9 Å². The second kappa shape index (κ2) is 9.35. The number of hydrogen-bond acceptors (Lipinski definition) is 6. The largest absolute Gasteiger partial charge is 0.493 e. The predicted molar refractivity (Wildman–Crippen MR) is 132 cm³/mol. The number of likely N-dealkylation sites (N-methyl/N-ethyl adjacent to an activating group) is 1.